The zero-order valence-corrected chi connectivity index (χ0v) is 11.8. The number of benzene rings is 1. The topological polar surface area (TPSA) is 15.3 Å². The molecule has 104 valence electrons. The molecule has 0 saturated carbocycles. The molecule has 19 heavy (non-hydrogen) atoms. The summed E-state index contributed by atoms with van der Waals surface area (Å²) in [7, 11) is 0. The average Bonchev–Trinajstić information content (AvgIpc) is 2.45. The molecule has 0 bridgehead atoms. The number of hydrogen-bond acceptors (Lipinski definition) is 2. The molecule has 1 heterocycles. The summed E-state index contributed by atoms with van der Waals surface area (Å²) in [4.78, 5) is 2.33. The highest BCUT2D eigenvalue weighted by Crippen LogP contribution is 2.31. The Balaban J connectivity index is 2.24. The second-order valence-electron chi connectivity index (χ2n) is 4.81. The van der Waals surface area contributed by atoms with E-state index in [9.17, 15) is 4.39 Å². The highest BCUT2D eigenvalue weighted by molar-refractivity contribution is 6.30. The first kappa shape index (κ1) is 14.5. The molecule has 0 amide bonds. The predicted molar refractivity (Wildman–Crippen MR) is 78.0 cm³/mol. The second kappa shape index (κ2) is 7.04. The number of halogens is 2. The zero-order chi connectivity index (χ0) is 13.7. The van der Waals surface area contributed by atoms with Crippen LogP contribution < -0.4 is 5.32 Å². The van der Waals surface area contributed by atoms with E-state index in [2.05, 4.69) is 16.8 Å². The van der Waals surface area contributed by atoms with Gasteiger partial charge in [0.2, 0.25) is 0 Å². The van der Waals surface area contributed by atoms with Crippen molar-refractivity contribution in [3.8, 4) is 0 Å². The minimum Gasteiger partial charge on any atom is -0.314 e. The molecule has 4 heteroatoms. The van der Waals surface area contributed by atoms with E-state index in [1.54, 1.807) is 6.07 Å². The molecule has 0 aliphatic carbocycles. The zero-order valence-electron chi connectivity index (χ0n) is 11.0. The van der Waals surface area contributed by atoms with Crippen molar-refractivity contribution in [2.75, 3.05) is 26.2 Å². The summed E-state index contributed by atoms with van der Waals surface area (Å²) in [5, 5.41) is 3.53. The van der Waals surface area contributed by atoms with Crippen molar-refractivity contribution in [3.05, 3.63) is 47.3 Å². The third-order valence-electron chi connectivity index (χ3n) is 3.58. The van der Waals surface area contributed by atoms with Gasteiger partial charge in [0.25, 0.3) is 0 Å². The molecule has 0 unspecified atom stereocenters. The lowest BCUT2D eigenvalue weighted by molar-refractivity contribution is 0.163. The van der Waals surface area contributed by atoms with Crippen LogP contribution in [-0.2, 0) is 0 Å². The van der Waals surface area contributed by atoms with Gasteiger partial charge in [-0.15, -0.1) is 6.58 Å². The van der Waals surface area contributed by atoms with Crippen molar-refractivity contribution < 1.29 is 4.39 Å². The molecule has 0 aromatic heterocycles. The van der Waals surface area contributed by atoms with Crippen LogP contribution in [0.5, 0.6) is 0 Å². The quantitative estimate of drug-likeness (QED) is 0.833. The van der Waals surface area contributed by atoms with Gasteiger partial charge in [-0.25, -0.2) is 4.39 Å². The summed E-state index contributed by atoms with van der Waals surface area (Å²) < 4.78 is 14.2. The highest BCUT2D eigenvalue weighted by Gasteiger charge is 2.24. The Bertz CT molecular complexity index is 430. The van der Waals surface area contributed by atoms with Gasteiger partial charge < -0.3 is 5.32 Å². The Morgan fingerprint density at radius 3 is 2.84 bits per heavy atom. The highest BCUT2D eigenvalue weighted by atomic mass is 35.5. The summed E-state index contributed by atoms with van der Waals surface area (Å²) in [6, 6.07) is 5.35. The maximum absolute atomic E-state index is 14.2. The lowest BCUT2D eigenvalue weighted by Crippen LogP contribution is -2.45. The van der Waals surface area contributed by atoms with Gasteiger partial charge >= 0.3 is 0 Å². The van der Waals surface area contributed by atoms with Crippen molar-refractivity contribution in [1.29, 1.82) is 0 Å². The second-order valence-corrected chi connectivity index (χ2v) is 5.22. The van der Waals surface area contributed by atoms with Crippen LogP contribution in [0.1, 0.15) is 24.4 Å². The largest absolute Gasteiger partial charge is 0.314 e. The Kier molecular flexibility index (Phi) is 5.37. The molecule has 1 fully saturated rings. The summed E-state index contributed by atoms with van der Waals surface area (Å²) >= 11 is 5.90. The smallest absolute Gasteiger partial charge is 0.146 e. The van der Waals surface area contributed by atoms with Gasteiger partial charge in [0, 0.05) is 37.8 Å². The molecule has 1 saturated heterocycles. The summed E-state index contributed by atoms with van der Waals surface area (Å²) in [6.45, 7) is 7.54. The monoisotopic (exact) mass is 282 g/mol. The Morgan fingerprint density at radius 1 is 1.42 bits per heavy atom. The van der Waals surface area contributed by atoms with E-state index in [1.165, 1.54) is 0 Å². The molecule has 2 nitrogen and oxygen atoms in total. The minimum atomic E-state index is -0.281. The maximum Gasteiger partial charge on any atom is 0.146 e. The Labute approximate surface area is 119 Å². The fourth-order valence-corrected chi connectivity index (χ4v) is 2.76. The molecular formula is C15H20ClFN2. The first-order valence-corrected chi connectivity index (χ1v) is 7.11. The van der Waals surface area contributed by atoms with E-state index in [4.69, 9.17) is 11.6 Å². The SMILES string of the molecule is C=CCC[C@H](c1cccc(Cl)c1F)N1CCNCC1. The number of nitrogens with zero attached hydrogens (tertiary/aromatic N) is 1. The molecule has 1 aliphatic heterocycles. The van der Waals surface area contributed by atoms with Crippen molar-refractivity contribution in [3.63, 3.8) is 0 Å². The van der Waals surface area contributed by atoms with Gasteiger partial charge in [0.15, 0.2) is 0 Å². The Morgan fingerprint density at radius 2 is 2.16 bits per heavy atom. The van der Waals surface area contributed by atoms with E-state index in [0.29, 0.717) is 5.56 Å². The van der Waals surface area contributed by atoms with Crippen LogP contribution in [0.3, 0.4) is 0 Å². The molecule has 0 spiro atoms. The fraction of sp³-hybridized carbons (Fsp3) is 0.467. The molecular weight excluding hydrogens is 263 g/mol. The first-order chi connectivity index (χ1) is 9.24. The van der Waals surface area contributed by atoms with E-state index in [-0.39, 0.29) is 16.9 Å². The van der Waals surface area contributed by atoms with Crippen LogP contribution in [0, 0.1) is 5.82 Å². The van der Waals surface area contributed by atoms with Crippen LogP contribution in [0.4, 0.5) is 4.39 Å². The van der Waals surface area contributed by atoms with Gasteiger partial charge in [0.05, 0.1) is 5.02 Å². The van der Waals surface area contributed by atoms with Crippen LogP contribution in [0.25, 0.3) is 0 Å². The third kappa shape index (κ3) is 3.56. The van der Waals surface area contributed by atoms with Gasteiger partial charge in [-0.2, -0.15) is 0 Å². The van der Waals surface area contributed by atoms with Crippen LogP contribution >= 0.6 is 11.6 Å². The van der Waals surface area contributed by atoms with Gasteiger partial charge in [-0.05, 0) is 18.9 Å². The normalized spacial score (nSPS) is 18.2. The molecule has 1 N–H and O–H groups in total. The van der Waals surface area contributed by atoms with Gasteiger partial charge in [0.1, 0.15) is 5.82 Å². The van der Waals surface area contributed by atoms with Crippen LogP contribution in [0.2, 0.25) is 5.02 Å². The van der Waals surface area contributed by atoms with Crippen molar-refractivity contribution in [2.24, 2.45) is 0 Å². The lowest BCUT2D eigenvalue weighted by Gasteiger charge is -2.35. The summed E-state index contributed by atoms with van der Waals surface area (Å²) in [5.41, 5.74) is 0.705. The molecule has 1 aliphatic rings. The molecule has 0 radical (unpaired) electrons. The third-order valence-corrected chi connectivity index (χ3v) is 3.87. The van der Waals surface area contributed by atoms with E-state index < -0.39 is 0 Å². The van der Waals surface area contributed by atoms with E-state index >= 15 is 0 Å². The number of hydrogen-bond donors (Lipinski definition) is 1. The van der Waals surface area contributed by atoms with Gasteiger partial charge in [-0.3, -0.25) is 4.90 Å². The minimum absolute atomic E-state index is 0.0822. The number of nitrogens with one attached hydrogen (secondary N) is 1. The summed E-state index contributed by atoms with van der Waals surface area (Å²) in [6.07, 6.45) is 3.64. The number of piperazine rings is 1. The standard InChI is InChI=1S/C15H20ClFN2/c1-2-3-7-14(19-10-8-18-9-11-19)12-5-4-6-13(16)15(12)17/h2,4-6,14,18H,1,3,7-11H2/t14-/m1/s1. The van der Waals surface area contributed by atoms with Crippen molar-refractivity contribution in [1.82, 2.24) is 10.2 Å². The summed E-state index contributed by atoms with van der Waals surface area (Å²) in [5.74, 6) is -0.281. The molecule has 1 atom stereocenters. The number of allylic oxidation sites excluding steroid dienone is 1. The molecule has 2 rings (SSSR count). The van der Waals surface area contributed by atoms with Crippen LogP contribution in [-0.4, -0.2) is 31.1 Å². The lowest BCUT2D eigenvalue weighted by atomic mass is 9.99. The average molecular weight is 283 g/mol. The van der Waals surface area contributed by atoms with Gasteiger partial charge in [-0.1, -0.05) is 29.8 Å². The van der Waals surface area contributed by atoms with E-state index in [0.717, 1.165) is 39.0 Å². The van der Waals surface area contributed by atoms with Crippen molar-refractivity contribution >= 4 is 11.6 Å². The number of rotatable bonds is 5. The fourth-order valence-electron chi connectivity index (χ4n) is 2.58. The molecule has 1 aromatic carbocycles. The van der Waals surface area contributed by atoms with Crippen molar-refractivity contribution in [2.45, 2.75) is 18.9 Å². The van der Waals surface area contributed by atoms with Crippen LogP contribution in [0.15, 0.2) is 30.9 Å². The Hall–Kier alpha value is -0.900. The predicted octanol–water partition coefficient (Wildman–Crippen LogP) is 3.39. The maximum atomic E-state index is 14.2. The first-order valence-electron chi connectivity index (χ1n) is 6.73. The van der Waals surface area contributed by atoms with E-state index in [1.807, 2.05) is 18.2 Å². The molecule has 1 aromatic rings.